The number of furan rings is 1. The molecule has 29 heavy (non-hydrogen) atoms. The summed E-state index contributed by atoms with van der Waals surface area (Å²) in [5, 5.41) is 11.1. The second kappa shape index (κ2) is 10.7. The van der Waals surface area contributed by atoms with Gasteiger partial charge in [-0.2, -0.15) is 0 Å². The third-order valence-electron chi connectivity index (χ3n) is 5.33. The lowest BCUT2D eigenvalue weighted by molar-refractivity contribution is -0.00538. The first kappa shape index (κ1) is 23.3. The van der Waals surface area contributed by atoms with E-state index in [9.17, 15) is 5.11 Å². The smallest absolute Gasteiger partial charge is 0.135 e. The maximum atomic E-state index is 11.1. The third kappa shape index (κ3) is 6.25. The van der Waals surface area contributed by atoms with Gasteiger partial charge in [0, 0.05) is 18.7 Å². The summed E-state index contributed by atoms with van der Waals surface area (Å²) in [7, 11) is 3.33. The Morgan fingerprint density at radius 1 is 0.966 bits per heavy atom. The van der Waals surface area contributed by atoms with Crippen LogP contribution >= 0.6 is 0 Å². The molecule has 0 saturated carbocycles. The van der Waals surface area contributed by atoms with Crippen molar-refractivity contribution in [3.8, 4) is 11.5 Å². The number of aliphatic hydroxyl groups is 1. The molecule has 5 nitrogen and oxygen atoms in total. The Morgan fingerprint density at radius 2 is 1.55 bits per heavy atom. The number of ether oxygens (including phenoxy) is 2. The van der Waals surface area contributed by atoms with Gasteiger partial charge in [-0.15, -0.1) is 0 Å². The van der Waals surface area contributed by atoms with Crippen LogP contribution in [-0.2, 0) is 18.7 Å². The van der Waals surface area contributed by atoms with E-state index in [0.717, 1.165) is 42.2 Å². The van der Waals surface area contributed by atoms with Crippen LogP contribution in [0.2, 0.25) is 0 Å². The highest BCUT2D eigenvalue weighted by Crippen LogP contribution is 2.33. The van der Waals surface area contributed by atoms with Crippen LogP contribution in [0.1, 0.15) is 70.5 Å². The fraction of sp³-hybridized carbons (Fsp3) is 0.583. The van der Waals surface area contributed by atoms with Gasteiger partial charge in [-0.1, -0.05) is 26.7 Å². The summed E-state index contributed by atoms with van der Waals surface area (Å²) in [5.74, 6) is 3.12. The highest BCUT2D eigenvalue weighted by Gasteiger charge is 2.31. The molecule has 0 fully saturated rings. The van der Waals surface area contributed by atoms with Gasteiger partial charge < -0.3 is 19.0 Å². The molecule has 0 aliphatic carbocycles. The molecule has 0 amide bonds. The molecule has 0 bridgehead atoms. The molecular formula is C24H37NO4. The van der Waals surface area contributed by atoms with E-state index in [4.69, 9.17) is 13.9 Å². The van der Waals surface area contributed by atoms with Gasteiger partial charge in [0.2, 0.25) is 0 Å². The zero-order valence-corrected chi connectivity index (χ0v) is 18.8. The predicted molar refractivity (Wildman–Crippen MR) is 116 cm³/mol. The maximum absolute atomic E-state index is 11.1. The zero-order chi connectivity index (χ0) is 21.4. The highest BCUT2D eigenvalue weighted by molar-refractivity contribution is 5.38. The van der Waals surface area contributed by atoms with Crippen molar-refractivity contribution in [3.05, 3.63) is 47.4 Å². The van der Waals surface area contributed by atoms with Gasteiger partial charge in [0.1, 0.15) is 28.6 Å². The lowest BCUT2D eigenvalue weighted by Gasteiger charge is -2.27. The fourth-order valence-corrected chi connectivity index (χ4v) is 3.72. The van der Waals surface area contributed by atoms with Crippen molar-refractivity contribution in [3.63, 3.8) is 0 Å². The van der Waals surface area contributed by atoms with Crippen molar-refractivity contribution in [1.82, 2.24) is 4.90 Å². The van der Waals surface area contributed by atoms with E-state index < -0.39 is 5.60 Å². The highest BCUT2D eigenvalue weighted by atomic mass is 16.5. The van der Waals surface area contributed by atoms with Gasteiger partial charge in [0.05, 0.1) is 20.8 Å². The number of rotatable bonds is 12. The van der Waals surface area contributed by atoms with Crippen molar-refractivity contribution in [2.24, 2.45) is 0 Å². The second-order valence-corrected chi connectivity index (χ2v) is 8.02. The van der Waals surface area contributed by atoms with E-state index >= 15 is 0 Å². The Bertz CT molecular complexity index is 725. The minimum Gasteiger partial charge on any atom is -0.497 e. The Hall–Kier alpha value is -1.98. The summed E-state index contributed by atoms with van der Waals surface area (Å²) in [5.41, 5.74) is 0.250. The fourth-order valence-electron chi connectivity index (χ4n) is 3.72. The van der Waals surface area contributed by atoms with Crippen molar-refractivity contribution in [2.45, 2.75) is 78.1 Å². The Labute approximate surface area is 175 Å². The van der Waals surface area contributed by atoms with Crippen LogP contribution in [-0.4, -0.2) is 30.3 Å². The molecule has 1 aromatic carbocycles. The van der Waals surface area contributed by atoms with Crippen LogP contribution in [0.15, 0.2) is 34.7 Å². The summed E-state index contributed by atoms with van der Waals surface area (Å²) in [6.45, 7) is 9.94. The molecule has 2 rings (SSSR count). The molecule has 0 radical (unpaired) electrons. The van der Waals surface area contributed by atoms with Gasteiger partial charge in [0.15, 0.2) is 0 Å². The van der Waals surface area contributed by atoms with E-state index in [1.54, 1.807) is 14.2 Å². The molecule has 2 aromatic rings. The van der Waals surface area contributed by atoms with Crippen LogP contribution in [0.4, 0.5) is 0 Å². The normalized spacial score (nSPS) is 12.0. The molecule has 0 spiro atoms. The Balaban J connectivity index is 2.19. The van der Waals surface area contributed by atoms with Gasteiger partial charge in [-0.3, -0.25) is 4.90 Å². The molecular weight excluding hydrogens is 366 g/mol. The number of hydrogen-bond acceptors (Lipinski definition) is 5. The first-order chi connectivity index (χ1) is 13.8. The predicted octanol–water partition coefficient (Wildman–Crippen LogP) is 5.50. The van der Waals surface area contributed by atoms with Gasteiger partial charge in [-0.05, 0) is 56.5 Å². The number of hydrogen-bond donors (Lipinski definition) is 1. The summed E-state index contributed by atoms with van der Waals surface area (Å²) < 4.78 is 16.9. The molecule has 162 valence electrons. The van der Waals surface area contributed by atoms with Gasteiger partial charge in [0.25, 0.3) is 0 Å². The standard InChI is InChI=1S/C24H37NO4/c1-7-11-24(26,12-8-2)23-10-9-20(29-23)17-25(18(3)4)16-19-13-21(27-5)15-22(14-19)28-6/h9-10,13-15,18,26H,7-8,11-12,16-17H2,1-6H3. The number of methoxy groups -OCH3 is 2. The van der Waals surface area contributed by atoms with Gasteiger partial charge >= 0.3 is 0 Å². The molecule has 0 saturated heterocycles. The van der Waals surface area contributed by atoms with Crippen molar-refractivity contribution >= 4 is 0 Å². The average molecular weight is 404 g/mol. The van der Waals surface area contributed by atoms with E-state index in [0.29, 0.717) is 31.2 Å². The van der Waals surface area contributed by atoms with Crippen LogP contribution in [0.3, 0.4) is 0 Å². The van der Waals surface area contributed by atoms with Crippen molar-refractivity contribution < 1.29 is 19.0 Å². The summed E-state index contributed by atoms with van der Waals surface area (Å²) in [6.07, 6.45) is 3.27. The SMILES string of the molecule is CCCC(O)(CCC)c1ccc(CN(Cc2cc(OC)cc(OC)c2)C(C)C)o1. The first-order valence-corrected chi connectivity index (χ1v) is 10.6. The Morgan fingerprint density at radius 3 is 2.03 bits per heavy atom. The molecule has 0 atom stereocenters. The van der Waals surface area contributed by atoms with E-state index in [1.165, 1.54) is 0 Å². The van der Waals surface area contributed by atoms with Crippen LogP contribution < -0.4 is 9.47 Å². The zero-order valence-electron chi connectivity index (χ0n) is 18.8. The maximum Gasteiger partial charge on any atom is 0.135 e. The third-order valence-corrected chi connectivity index (χ3v) is 5.33. The molecule has 1 N–H and O–H groups in total. The summed E-state index contributed by atoms with van der Waals surface area (Å²) in [4.78, 5) is 2.33. The lowest BCUT2D eigenvalue weighted by atomic mass is 9.90. The second-order valence-electron chi connectivity index (χ2n) is 8.02. The molecule has 1 aromatic heterocycles. The average Bonchev–Trinajstić information content (AvgIpc) is 3.17. The monoisotopic (exact) mass is 403 g/mol. The summed E-state index contributed by atoms with van der Waals surface area (Å²) in [6, 6.07) is 10.2. The van der Waals surface area contributed by atoms with Crippen LogP contribution in [0, 0.1) is 0 Å². The Kier molecular flexibility index (Phi) is 8.60. The van der Waals surface area contributed by atoms with Crippen molar-refractivity contribution in [2.75, 3.05) is 14.2 Å². The van der Waals surface area contributed by atoms with E-state index in [2.05, 4.69) is 32.6 Å². The van der Waals surface area contributed by atoms with Crippen molar-refractivity contribution in [1.29, 1.82) is 0 Å². The number of nitrogens with zero attached hydrogens (tertiary/aromatic N) is 1. The number of benzene rings is 1. The first-order valence-electron chi connectivity index (χ1n) is 10.6. The molecule has 1 heterocycles. The van der Waals surface area contributed by atoms with E-state index in [-0.39, 0.29) is 0 Å². The minimum absolute atomic E-state index is 0.325. The summed E-state index contributed by atoms with van der Waals surface area (Å²) >= 11 is 0. The lowest BCUT2D eigenvalue weighted by Crippen LogP contribution is -2.29. The molecule has 0 aliphatic heterocycles. The molecule has 0 unspecified atom stereocenters. The van der Waals surface area contributed by atoms with E-state index in [1.807, 2.05) is 30.3 Å². The minimum atomic E-state index is -0.870. The van der Waals surface area contributed by atoms with Crippen LogP contribution in [0.5, 0.6) is 11.5 Å². The van der Waals surface area contributed by atoms with Gasteiger partial charge in [-0.25, -0.2) is 0 Å². The largest absolute Gasteiger partial charge is 0.497 e. The topological polar surface area (TPSA) is 55.1 Å². The molecule has 5 heteroatoms. The quantitative estimate of drug-likeness (QED) is 0.507. The van der Waals surface area contributed by atoms with Crippen LogP contribution in [0.25, 0.3) is 0 Å². The molecule has 0 aliphatic rings.